The van der Waals surface area contributed by atoms with Gasteiger partial charge in [-0.05, 0) is 56.8 Å². The molecule has 6 heteroatoms. The molecule has 2 aromatic carbocycles. The van der Waals surface area contributed by atoms with Gasteiger partial charge in [0.05, 0.1) is 17.8 Å². The lowest BCUT2D eigenvalue weighted by Crippen LogP contribution is -2.40. The molecule has 6 nitrogen and oxygen atoms in total. The molecule has 0 spiro atoms. The maximum absolute atomic E-state index is 13.3. The zero-order valence-corrected chi connectivity index (χ0v) is 20.1. The number of fused-ring (bicyclic) bond motifs is 1. The van der Waals surface area contributed by atoms with E-state index in [1.807, 2.05) is 41.4 Å². The number of rotatable bonds is 7. The minimum Gasteiger partial charge on any atom is -0.327 e. The summed E-state index contributed by atoms with van der Waals surface area (Å²) in [6, 6.07) is 20.5. The largest absolute Gasteiger partial charge is 0.327 e. The molecular formula is C28H33N5O. The van der Waals surface area contributed by atoms with E-state index < -0.39 is 5.54 Å². The molecule has 34 heavy (non-hydrogen) atoms. The fraction of sp³-hybridized carbons (Fsp3) is 0.393. The molecule has 1 unspecified atom stereocenters. The van der Waals surface area contributed by atoms with E-state index in [0.29, 0.717) is 24.8 Å². The number of likely N-dealkylation sites (tertiary alicyclic amines) is 1. The quantitative estimate of drug-likeness (QED) is 0.537. The minimum absolute atomic E-state index is 0.210. The smallest absolute Gasteiger partial charge is 0.227 e. The van der Waals surface area contributed by atoms with Crippen LogP contribution in [0.5, 0.6) is 0 Å². The monoisotopic (exact) mass is 455 g/mol. The number of benzene rings is 2. The second kappa shape index (κ2) is 9.55. The first-order valence-electron chi connectivity index (χ1n) is 12.2. The summed E-state index contributed by atoms with van der Waals surface area (Å²) in [7, 11) is 0. The topological polar surface area (TPSA) is 61.4 Å². The van der Waals surface area contributed by atoms with Crippen LogP contribution in [0.4, 0.5) is 11.6 Å². The first-order valence-corrected chi connectivity index (χ1v) is 12.2. The SMILES string of the molecule is CC1(C)c2cnc(Nc3ccccc3)nc2CN1C(=O)CCC1CCN(Cc2ccccc2)C1. The van der Waals surface area contributed by atoms with Gasteiger partial charge in [-0.1, -0.05) is 48.5 Å². The van der Waals surface area contributed by atoms with Crippen molar-refractivity contribution in [2.75, 3.05) is 18.4 Å². The second-order valence-corrected chi connectivity index (χ2v) is 10.00. The average Bonchev–Trinajstić information content (AvgIpc) is 3.40. The number of aromatic nitrogens is 2. The number of anilines is 2. The number of amides is 1. The molecule has 0 aliphatic carbocycles. The van der Waals surface area contributed by atoms with Crippen molar-refractivity contribution in [3.8, 4) is 0 Å². The molecular weight excluding hydrogens is 422 g/mol. The molecule has 0 saturated carbocycles. The molecule has 0 radical (unpaired) electrons. The predicted octanol–water partition coefficient (Wildman–Crippen LogP) is 5.10. The number of carbonyl (C=O) groups excluding carboxylic acids is 1. The van der Waals surface area contributed by atoms with E-state index in [4.69, 9.17) is 4.98 Å². The van der Waals surface area contributed by atoms with E-state index in [-0.39, 0.29) is 5.91 Å². The molecule has 1 N–H and O–H groups in total. The van der Waals surface area contributed by atoms with Gasteiger partial charge in [0.2, 0.25) is 11.9 Å². The molecule has 176 valence electrons. The van der Waals surface area contributed by atoms with E-state index in [1.165, 1.54) is 12.0 Å². The normalized spacial score (nSPS) is 19.2. The Morgan fingerprint density at radius 3 is 2.59 bits per heavy atom. The van der Waals surface area contributed by atoms with Crippen molar-refractivity contribution >= 4 is 17.5 Å². The summed E-state index contributed by atoms with van der Waals surface area (Å²) in [5, 5.41) is 3.26. The standard InChI is InChI=1S/C28H33N5O/c1-28(2)24-17-29-27(30-23-11-7-4-8-12-23)31-25(24)20-33(28)26(34)14-13-22-15-16-32(19-22)18-21-9-5-3-6-10-21/h3-12,17,22H,13-16,18-20H2,1-2H3,(H,29,30,31). The van der Waals surface area contributed by atoms with Crippen LogP contribution < -0.4 is 5.32 Å². The fourth-order valence-corrected chi connectivity index (χ4v) is 5.25. The number of hydrogen-bond donors (Lipinski definition) is 1. The lowest BCUT2D eigenvalue weighted by molar-refractivity contribution is -0.136. The average molecular weight is 456 g/mol. The van der Waals surface area contributed by atoms with Crippen LogP contribution in [-0.4, -0.2) is 38.8 Å². The fourth-order valence-electron chi connectivity index (χ4n) is 5.25. The van der Waals surface area contributed by atoms with E-state index in [9.17, 15) is 4.79 Å². The van der Waals surface area contributed by atoms with Gasteiger partial charge in [-0.2, -0.15) is 0 Å². The van der Waals surface area contributed by atoms with E-state index >= 15 is 0 Å². The van der Waals surface area contributed by atoms with E-state index in [2.05, 4.69) is 59.4 Å². The number of nitrogens with one attached hydrogen (secondary N) is 1. The third kappa shape index (κ3) is 4.82. The van der Waals surface area contributed by atoms with Gasteiger partial charge in [-0.15, -0.1) is 0 Å². The van der Waals surface area contributed by atoms with Gasteiger partial charge >= 0.3 is 0 Å². The molecule has 5 rings (SSSR count). The van der Waals surface area contributed by atoms with Crippen molar-refractivity contribution in [1.29, 1.82) is 0 Å². The highest BCUT2D eigenvalue weighted by Gasteiger charge is 2.41. The molecule has 1 atom stereocenters. The summed E-state index contributed by atoms with van der Waals surface area (Å²) < 4.78 is 0. The summed E-state index contributed by atoms with van der Waals surface area (Å²) in [6.45, 7) is 7.92. The lowest BCUT2D eigenvalue weighted by atomic mass is 9.96. The molecule has 3 heterocycles. The summed E-state index contributed by atoms with van der Waals surface area (Å²) in [5.74, 6) is 1.36. The van der Waals surface area contributed by atoms with Crippen molar-refractivity contribution in [3.05, 3.63) is 83.7 Å². The zero-order chi connectivity index (χ0) is 23.5. The Bertz CT molecular complexity index is 1130. The number of nitrogens with zero attached hydrogens (tertiary/aromatic N) is 4. The Morgan fingerprint density at radius 2 is 1.82 bits per heavy atom. The molecule has 3 aromatic rings. The molecule has 2 aliphatic heterocycles. The van der Waals surface area contributed by atoms with Crippen LogP contribution in [0.3, 0.4) is 0 Å². The van der Waals surface area contributed by atoms with Crippen LogP contribution >= 0.6 is 0 Å². The van der Waals surface area contributed by atoms with Crippen LogP contribution in [0.2, 0.25) is 0 Å². The molecule has 2 aliphatic rings. The van der Waals surface area contributed by atoms with E-state index in [1.54, 1.807) is 0 Å². The third-order valence-corrected chi connectivity index (χ3v) is 7.23. The summed E-state index contributed by atoms with van der Waals surface area (Å²) in [6.07, 6.45) is 4.58. The maximum Gasteiger partial charge on any atom is 0.227 e. The lowest BCUT2D eigenvalue weighted by Gasteiger charge is -2.32. The molecule has 1 aromatic heterocycles. The predicted molar refractivity (Wildman–Crippen MR) is 134 cm³/mol. The summed E-state index contributed by atoms with van der Waals surface area (Å²) >= 11 is 0. The molecule has 1 amide bonds. The van der Waals surface area contributed by atoms with Gasteiger partial charge in [0.25, 0.3) is 0 Å². The van der Waals surface area contributed by atoms with Crippen LogP contribution in [0, 0.1) is 5.92 Å². The summed E-state index contributed by atoms with van der Waals surface area (Å²) in [5.41, 5.74) is 3.88. The molecule has 1 saturated heterocycles. The van der Waals surface area contributed by atoms with Gasteiger partial charge in [0.1, 0.15) is 0 Å². The van der Waals surface area contributed by atoms with Crippen LogP contribution in [0.25, 0.3) is 0 Å². The van der Waals surface area contributed by atoms with Gasteiger partial charge in [0, 0.05) is 37.0 Å². The highest BCUT2D eigenvalue weighted by Crippen LogP contribution is 2.39. The van der Waals surface area contributed by atoms with Crippen molar-refractivity contribution in [2.24, 2.45) is 5.92 Å². The number of para-hydroxylation sites is 1. The Balaban J connectivity index is 1.17. The number of hydrogen-bond acceptors (Lipinski definition) is 5. The zero-order valence-electron chi connectivity index (χ0n) is 20.1. The molecule has 1 fully saturated rings. The van der Waals surface area contributed by atoms with Crippen molar-refractivity contribution in [3.63, 3.8) is 0 Å². The first kappa shape index (κ1) is 22.5. The van der Waals surface area contributed by atoms with Gasteiger partial charge in [0.15, 0.2) is 0 Å². The van der Waals surface area contributed by atoms with Crippen LogP contribution in [0.1, 0.15) is 49.9 Å². The van der Waals surface area contributed by atoms with Crippen LogP contribution in [0.15, 0.2) is 66.9 Å². The minimum atomic E-state index is -0.396. The van der Waals surface area contributed by atoms with Gasteiger partial charge < -0.3 is 10.2 Å². The van der Waals surface area contributed by atoms with Gasteiger partial charge in [-0.25, -0.2) is 9.97 Å². The summed E-state index contributed by atoms with van der Waals surface area (Å²) in [4.78, 5) is 27.0. The highest BCUT2D eigenvalue weighted by molar-refractivity contribution is 5.78. The van der Waals surface area contributed by atoms with Crippen molar-refractivity contribution in [2.45, 2.75) is 51.7 Å². The maximum atomic E-state index is 13.3. The Kier molecular flexibility index (Phi) is 6.33. The highest BCUT2D eigenvalue weighted by atomic mass is 16.2. The Labute approximate surface area is 202 Å². The second-order valence-electron chi connectivity index (χ2n) is 10.00. The first-order chi connectivity index (χ1) is 16.5. The number of carbonyl (C=O) groups is 1. The van der Waals surface area contributed by atoms with Gasteiger partial charge in [-0.3, -0.25) is 9.69 Å². The Hall–Kier alpha value is -3.25. The van der Waals surface area contributed by atoms with Crippen LogP contribution in [-0.2, 0) is 23.4 Å². The van der Waals surface area contributed by atoms with Crippen molar-refractivity contribution in [1.82, 2.24) is 19.8 Å². The van der Waals surface area contributed by atoms with E-state index in [0.717, 1.165) is 43.0 Å². The van der Waals surface area contributed by atoms with Crippen molar-refractivity contribution < 1.29 is 4.79 Å². The Morgan fingerprint density at radius 1 is 1.09 bits per heavy atom. The third-order valence-electron chi connectivity index (χ3n) is 7.23. The molecule has 0 bridgehead atoms.